The van der Waals surface area contributed by atoms with Crippen molar-refractivity contribution in [1.29, 1.82) is 0 Å². The highest BCUT2D eigenvalue weighted by Crippen LogP contribution is 2.19. The molecule has 0 atom stereocenters. The van der Waals surface area contributed by atoms with Crippen LogP contribution >= 0.6 is 0 Å². The van der Waals surface area contributed by atoms with Gasteiger partial charge < -0.3 is 10.1 Å². The zero-order valence-corrected chi connectivity index (χ0v) is 11.6. The molecule has 2 rings (SSSR count). The van der Waals surface area contributed by atoms with Crippen molar-refractivity contribution < 1.29 is 22.3 Å². The van der Waals surface area contributed by atoms with Crippen molar-refractivity contribution in [3.63, 3.8) is 0 Å². The van der Waals surface area contributed by atoms with Crippen LogP contribution in [0, 0.1) is 12.7 Å². The van der Waals surface area contributed by atoms with E-state index >= 15 is 0 Å². The number of rotatable bonds is 5. The number of benzene rings is 1. The first-order valence-electron chi connectivity index (χ1n) is 6.35. The molecule has 0 unspecified atom stereocenters. The Morgan fingerprint density at radius 2 is 1.86 bits per heavy atom. The largest absolute Gasteiger partial charge is 0.459 e. The van der Waals surface area contributed by atoms with E-state index in [-0.39, 0.29) is 12.6 Å². The molecule has 0 amide bonds. The average Bonchev–Trinajstić information content (AvgIpc) is 2.46. The third-order valence-electron chi connectivity index (χ3n) is 2.67. The maximum atomic E-state index is 13.3. The van der Waals surface area contributed by atoms with Crippen molar-refractivity contribution in [2.24, 2.45) is 0 Å². The van der Waals surface area contributed by atoms with Crippen LogP contribution in [0.2, 0.25) is 0 Å². The van der Waals surface area contributed by atoms with E-state index in [4.69, 9.17) is 4.74 Å². The van der Waals surface area contributed by atoms with Gasteiger partial charge in [0.2, 0.25) is 0 Å². The van der Waals surface area contributed by atoms with Gasteiger partial charge in [0.1, 0.15) is 13.2 Å². The van der Waals surface area contributed by atoms with E-state index in [0.717, 1.165) is 17.3 Å². The van der Waals surface area contributed by atoms with Gasteiger partial charge in [-0.1, -0.05) is 29.8 Å². The molecule has 4 nitrogen and oxygen atoms in total. The Morgan fingerprint density at radius 3 is 2.50 bits per heavy atom. The van der Waals surface area contributed by atoms with Crippen molar-refractivity contribution in [3.05, 3.63) is 47.4 Å². The molecule has 118 valence electrons. The van der Waals surface area contributed by atoms with Crippen LogP contribution in [0.25, 0.3) is 0 Å². The SMILES string of the molecule is Cc1ccc(COc2ncc(F)c(NCC(F)(F)F)n2)cc1. The van der Waals surface area contributed by atoms with Gasteiger partial charge in [0.25, 0.3) is 0 Å². The molecule has 0 saturated heterocycles. The number of anilines is 1. The van der Waals surface area contributed by atoms with Crippen molar-refractivity contribution >= 4 is 5.82 Å². The third kappa shape index (κ3) is 4.87. The second-order valence-electron chi connectivity index (χ2n) is 4.59. The number of hydrogen-bond donors (Lipinski definition) is 1. The summed E-state index contributed by atoms with van der Waals surface area (Å²) in [6, 6.07) is 7.25. The highest BCUT2D eigenvalue weighted by atomic mass is 19.4. The Hall–Kier alpha value is -2.38. The molecule has 1 aromatic carbocycles. The first-order chi connectivity index (χ1) is 10.3. The van der Waals surface area contributed by atoms with Gasteiger partial charge in [-0.2, -0.15) is 18.2 Å². The van der Waals surface area contributed by atoms with E-state index in [1.165, 1.54) is 0 Å². The van der Waals surface area contributed by atoms with Crippen LogP contribution in [0.3, 0.4) is 0 Å². The lowest BCUT2D eigenvalue weighted by Gasteiger charge is -2.10. The summed E-state index contributed by atoms with van der Waals surface area (Å²) in [5.74, 6) is -1.53. The highest BCUT2D eigenvalue weighted by molar-refractivity contribution is 5.36. The summed E-state index contributed by atoms with van der Waals surface area (Å²) in [5, 5.41) is 1.87. The van der Waals surface area contributed by atoms with Crippen molar-refractivity contribution in [3.8, 4) is 6.01 Å². The fourth-order valence-electron chi connectivity index (χ4n) is 1.56. The molecule has 1 aromatic heterocycles. The first-order valence-corrected chi connectivity index (χ1v) is 6.35. The summed E-state index contributed by atoms with van der Waals surface area (Å²) in [4.78, 5) is 7.17. The second-order valence-corrected chi connectivity index (χ2v) is 4.59. The van der Waals surface area contributed by atoms with Gasteiger partial charge in [0.05, 0.1) is 6.20 Å². The molecule has 0 spiro atoms. The lowest BCUT2D eigenvalue weighted by Crippen LogP contribution is -2.22. The lowest BCUT2D eigenvalue weighted by atomic mass is 10.2. The Kier molecular flexibility index (Phi) is 4.79. The van der Waals surface area contributed by atoms with E-state index in [0.29, 0.717) is 0 Å². The summed E-state index contributed by atoms with van der Waals surface area (Å²) in [6.07, 6.45) is -3.71. The molecular weight excluding hydrogens is 302 g/mol. The molecule has 1 heterocycles. The molecule has 22 heavy (non-hydrogen) atoms. The fourth-order valence-corrected chi connectivity index (χ4v) is 1.56. The minimum atomic E-state index is -4.47. The number of halogens is 4. The molecule has 0 aliphatic rings. The smallest absolute Gasteiger partial charge is 0.405 e. The minimum Gasteiger partial charge on any atom is -0.459 e. The van der Waals surface area contributed by atoms with Crippen LogP contribution in [0.15, 0.2) is 30.5 Å². The molecule has 2 aromatic rings. The van der Waals surface area contributed by atoms with Crippen LogP contribution in [-0.2, 0) is 6.61 Å². The van der Waals surface area contributed by atoms with Crippen LogP contribution in [0.4, 0.5) is 23.4 Å². The number of hydrogen-bond acceptors (Lipinski definition) is 4. The molecule has 0 aliphatic heterocycles. The van der Waals surface area contributed by atoms with Crippen LogP contribution in [0.1, 0.15) is 11.1 Å². The zero-order valence-electron chi connectivity index (χ0n) is 11.6. The maximum Gasteiger partial charge on any atom is 0.405 e. The topological polar surface area (TPSA) is 47.0 Å². The Bertz CT molecular complexity index is 629. The molecule has 0 bridgehead atoms. The van der Waals surface area contributed by atoms with E-state index in [1.807, 2.05) is 36.5 Å². The number of nitrogens with zero attached hydrogens (tertiary/aromatic N) is 2. The molecule has 1 N–H and O–H groups in total. The predicted molar refractivity (Wildman–Crippen MR) is 72.0 cm³/mol. The van der Waals surface area contributed by atoms with E-state index < -0.39 is 24.4 Å². The number of aromatic nitrogens is 2. The van der Waals surface area contributed by atoms with Gasteiger partial charge in [0, 0.05) is 0 Å². The van der Waals surface area contributed by atoms with Crippen LogP contribution in [-0.4, -0.2) is 22.7 Å². The summed E-state index contributed by atoms with van der Waals surface area (Å²) in [5.41, 5.74) is 1.92. The normalized spacial score (nSPS) is 11.3. The maximum absolute atomic E-state index is 13.3. The van der Waals surface area contributed by atoms with Crippen molar-refractivity contribution in [2.75, 3.05) is 11.9 Å². The van der Waals surface area contributed by atoms with E-state index in [9.17, 15) is 17.6 Å². The van der Waals surface area contributed by atoms with Gasteiger partial charge in [-0.25, -0.2) is 9.37 Å². The molecule has 0 aliphatic carbocycles. The second kappa shape index (κ2) is 6.59. The van der Waals surface area contributed by atoms with Gasteiger partial charge in [0.15, 0.2) is 11.6 Å². The average molecular weight is 315 g/mol. The fraction of sp³-hybridized carbons (Fsp3) is 0.286. The van der Waals surface area contributed by atoms with Crippen LogP contribution in [0.5, 0.6) is 6.01 Å². The molecule has 8 heteroatoms. The third-order valence-corrected chi connectivity index (χ3v) is 2.67. The number of alkyl halides is 3. The molecule has 0 fully saturated rings. The first kappa shape index (κ1) is 16.0. The monoisotopic (exact) mass is 315 g/mol. The highest BCUT2D eigenvalue weighted by Gasteiger charge is 2.27. The Labute approximate surface area is 124 Å². The van der Waals surface area contributed by atoms with Gasteiger partial charge in [-0.05, 0) is 12.5 Å². The lowest BCUT2D eigenvalue weighted by molar-refractivity contribution is -0.115. The number of ether oxygens (including phenoxy) is 1. The van der Waals surface area contributed by atoms with Gasteiger partial charge >= 0.3 is 12.2 Å². The van der Waals surface area contributed by atoms with E-state index in [1.54, 1.807) is 0 Å². The zero-order chi connectivity index (χ0) is 16.2. The summed E-state index contributed by atoms with van der Waals surface area (Å²) >= 11 is 0. The molecular formula is C14H13F4N3O. The summed E-state index contributed by atoms with van der Waals surface area (Å²) in [7, 11) is 0. The summed E-state index contributed by atoms with van der Waals surface area (Å²) < 4.78 is 54.9. The summed E-state index contributed by atoms with van der Waals surface area (Å²) in [6.45, 7) is 0.676. The Morgan fingerprint density at radius 1 is 1.18 bits per heavy atom. The number of aryl methyl sites for hydroxylation is 1. The quantitative estimate of drug-likeness (QED) is 0.858. The molecule has 0 saturated carbocycles. The van der Waals surface area contributed by atoms with Crippen molar-refractivity contribution in [1.82, 2.24) is 9.97 Å². The predicted octanol–water partition coefficient (Wildman–Crippen LogP) is 3.48. The van der Waals surface area contributed by atoms with Gasteiger partial charge in [-0.3, -0.25) is 0 Å². The Balaban J connectivity index is 2.01. The standard InChI is InChI=1S/C14H13F4N3O/c1-9-2-4-10(5-3-9)7-22-13-19-6-11(15)12(21-13)20-8-14(16,17)18/h2-6H,7-8H2,1H3,(H,19,20,21). The minimum absolute atomic E-state index is 0.130. The van der Waals surface area contributed by atoms with Crippen molar-refractivity contribution in [2.45, 2.75) is 19.7 Å². The van der Waals surface area contributed by atoms with E-state index in [2.05, 4.69) is 9.97 Å². The number of nitrogens with one attached hydrogen (secondary N) is 1. The van der Waals surface area contributed by atoms with Gasteiger partial charge in [-0.15, -0.1) is 0 Å². The molecule has 0 radical (unpaired) electrons. The van der Waals surface area contributed by atoms with Crippen LogP contribution < -0.4 is 10.1 Å².